The van der Waals surface area contributed by atoms with Crippen LogP contribution in [0, 0.1) is 5.41 Å². The van der Waals surface area contributed by atoms with Gasteiger partial charge in [-0.2, -0.15) is 0 Å². The highest BCUT2D eigenvalue weighted by molar-refractivity contribution is 9.10. The standard InChI is InChI=1S/C12H16BrNO/c1-12(2,7-8-14)11(15)9-3-5-10(13)6-4-9/h3-6H,7-8,14H2,1-2H3. The highest BCUT2D eigenvalue weighted by atomic mass is 79.9. The fraction of sp³-hybridized carbons (Fsp3) is 0.417. The fourth-order valence-corrected chi connectivity index (χ4v) is 1.73. The molecule has 0 fully saturated rings. The van der Waals surface area contributed by atoms with E-state index in [0.29, 0.717) is 13.0 Å². The summed E-state index contributed by atoms with van der Waals surface area (Å²) >= 11 is 3.34. The summed E-state index contributed by atoms with van der Waals surface area (Å²) in [5.74, 6) is 0.153. The summed E-state index contributed by atoms with van der Waals surface area (Å²) in [4.78, 5) is 12.1. The maximum absolute atomic E-state index is 12.1. The molecule has 0 saturated heterocycles. The van der Waals surface area contributed by atoms with Crippen molar-refractivity contribution in [1.82, 2.24) is 0 Å². The number of rotatable bonds is 4. The molecule has 15 heavy (non-hydrogen) atoms. The molecule has 1 aromatic rings. The van der Waals surface area contributed by atoms with Crippen LogP contribution in [0.4, 0.5) is 0 Å². The number of halogens is 1. The molecule has 0 aliphatic carbocycles. The van der Waals surface area contributed by atoms with Gasteiger partial charge < -0.3 is 5.73 Å². The number of ketones is 1. The molecule has 0 radical (unpaired) electrons. The molecule has 1 rings (SSSR count). The number of carbonyl (C=O) groups is 1. The van der Waals surface area contributed by atoms with E-state index in [0.717, 1.165) is 10.0 Å². The van der Waals surface area contributed by atoms with Gasteiger partial charge in [0.2, 0.25) is 0 Å². The van der Waals surface area contributed by atoms with Crippen LogP contribution in [0.5, 0.6) is 0 Å². The number of hydrogen-bond donors (Lipinski definition) is 1. The van der Waals surface area contributed by atoms with Gasteiger partial charge in [0.05, 0.1) is 0 Å². The molecule has 2 N–H and O–H groups in total. The minimum absolute atomic E-state index is 0.153. The Morgan fingerprint density at radius 1 is 1.33 bits per heavy atom. The molecular weight excluding hydrogens is 254 g/mol. The average molecular weight is 270 g/mol. The molecule has 0 amide bonds. The average Bonchev–Trinajstić information content (AvgIpc) is 2.18. The van der Waals surface area contributed by atoms with Crippen molar-refractivity contribution in [2.24, 2.45) is 11.1 Å². The second-order valence-corrected chi connectivity index (χ2v) is 5.17. The Bertz CT molecular complexity index is 343. The summed E-state index contributed by atoms with van der Waals surface area (Å²) in [5, 5.41) is 0. The van der Waals surface area contributed by atoms with Gasteiger partial charge in [0.15, 0.2) is 5.78 Å². The lowest BCUT2D eigenvalue weighted by Crippen LogP contribution is -2.27. The van der Waals surface area contributed by atoms with Crippen molar-refractivity contribution >= 4 is 21.7 Å². The van der Waals surface area contributed by atoms with Gasteiger partial charge in [0.25, 0.3) is 0 Å². The second kappa shape index (κ2) is 4.90. The molecule has 2 nitrogen and oxygen atoms in total. The van der Waals surface area contributed by atoms with Gasteiger partial charge in [0.1, 0.15) is 0 Å². The Labute approximate surface area is 99.0 Å². The first-order valence-corrected chi connectivity index (χ1v) is 5.77. The van der Waals surface area contributed by atoms with Crippen LogP contribution in [0.2, 0.25) is 0 Å². The topological polar surface area (TPSA) is 43.1 Å². The van der Waals surface area contributed by atoms with E-state index in [1.165, 1.54) is 0 Å². The lowest BCUT2D eigenvalue weighted by atomic mass is 9.81. The SMILES string of the molecule is CC(C)(CCN)C(=O)c1ccc(Br)cc1. The van der Waals surface area contributed by atoms with Crippen LogP contribution in [0.3, 0.4) is 0 Å². The van der Waals surface area contributed by atoms with Gasteiger partial charge in [-0.25, -0.2) is 0 Å². The predicted molar refractivity (Wildman–Crippen MR) is 65.9 cm³/mol. The van der Waals surface area contributed by atoms with E-state index < -0.39 is 0 Å². The summed E-state index contributed by atoms with van der Waals surface area (Å²) in [5.41, 5.74) is 5.87. The lowest BCUT2D eigenvalue weighted by molar-refractivity contribution is 0.0829. The molecule has 0 aliphatic rings. The number of Topliss-reactive ketones (excluding diaryl/α,β-unsaturated/α-hetero) is 1. The third-order valence-corrected chi connectivity index (χ3v) is 3.02. The van der Waals surface area contributed by atoms with E-state index in [2.05, 4.69) is 15.9 Å². The molecule has 82 valence electrons. The minimum atomic E-state index is -0.372. The zero-order chi connectivity index (χ0) is 11.5. The molecular formula is C12H16BrNO. The monoisotopic (exact) mass is 269 g/mol. The van der Waals surface area contributed by atoms with Crippen LogP contribution in [0.1, 0.15) is 30.6 Å². The highest BCUT2D eigenvalue weighted by Crippen LogP contribution is 2.25. The van der Waals surface area contributed by atoms with Crippen LogP contribution in [0.15, 0.2) is 28.7 Å². The molecule has 0 spiro atoms. The molecule has 0 unspecified atom stereocenters. The van der Waals surface area contributed by atoms with E-state index in [1.807, 2.05) is 38.1 Å². The highest BCUT2D eigenvalue weighted by Gasteiger charge is 2.27. The first-order chi connectivity index (χ1) is 6.97. The largest absolute Gasteiger partial charge is 0.330 e. The summed E-state index contributed by atoms with van der Waals surface area (Å²) in [6, 6.07) is 7.44. The van der Waals surface area contributed by atoms with Crippen molar-refractivity contribution in [2.75, 3.05) is 6.54 Å². The Balaban J connectivity index is 2.89. The molecule has 0 aromatic heterocycles. The first kappa shape index (κ1) is 12.4. The summed E-state index contributed by atoms with van der Waals surface area (Å²) in [7, 11) is 0. The van der Waals surface area contributed by atoms with E-state index in [9.17, 15) is 4.79 Å². The summed E-state index contributed by atoms with van der Waals surface area (Å²) < 4.78 is 0.982. The zero-order valence-electron chi connectivity index (χ0n) is 9.09. The third kappa shape index (κ3) is 3.14. The van der Waals surface area contributed by atoms with Crippen LogP contribution in [0.25, 0.3) is 0 Å². The molecule has 0 aliphatic heterocycles. The van der Waals surface area contributed by atoms with Crippen LogP contribution in [-0.2, 0) is 0 Å². The molecule has 3 heteroatoms. The van der Waals surface area contributed by atoms with Crippen molar-refractivity contribution in [2.45, 2.75) is 20.3 Å². The Morgan fingerprint density at radius 2 is 1.87 bits per heavy atom. The lowest BCUT2D eigenvalue weighted by Gasteiger charge is -2.22. The number of benzene rings is 1. The molecule has 0 heterocycles. The smallest absolute Gasteiger partial charge is 0.168 e. The normalized spacial score (nSPS) is 11.5. The van der Waals surface area contributed by atoms with Gasteiger partial charge in [-0.3, -0.25) is 4.79 Å². The second-order valence-electron chi connectivity index (χ2n) is 4.26. The van der Waals surface area contributed by atoms with Crippen molar-refractivity contribution in [3.05, 3.63) is 34.3 Å². The minimum Gasteiger partial charge on any atom is -0.330 e. The van der Waals surface area contributed by atoms with Gasteiger partial charge >= 0.3 is 0 Å². The maximum Gasteiger partial charge on any atom is 0.168 e. The quantitative estimate of drug-likeness (QED) is 0.854. The van der Waals surface area contributed by atoms with Crippen molar-refractivity contribution in [1.29, 1.82) is 0 Å². The summed E-state index contributed by atoms with van der Waals surface area (Å²) in [6.45, 7) is 4.41. The summed E-state index contributed by atoms with van der Waals surface area (Å²) in [6.07, 6.45) is 0.710. The van der Waals surface area contributed by atoms with E-state index >= 15 is 0 Å². The first-order valence-electron chi connectivity index (χ1n) is 4.98. The van der Waals surface area contributed by atoms with E-state index in [1.54, 1.807) is 0 Å². The number of nitrogens with two attached hydrogens (primary N) is 1. The number of carbonyl (C=O) groups excluding carboxylic acids is 1. The Hall–Kier alpha value is -0.670. The van der Waals surface area contributed by atoms with Crippen LogP contribution < -0.4 is 5.73 Å². The van der Waals surface area contributed by atoms with E-state index in [4.69, 9.17) is 5.73 Å². The van der Waals surface area contributed by atoms with Gasteiger partial charge in [-0.1, -0.05) is 41.9 Å². The molecule has 0 saturated carbocycles. The molecule has 0 bridgehead atoms. The maximum atomic E-state index is 12.1. The third-order valence-electron chi connectivity index (χ3n) is 2.49. The fourth-order valence-electron chi connectivity index (χ4n) is 1.47. The predicted octanol–water partition coefficient (Wildman–Crippen LogP) is 3.01. The van der Waals surface area contributed by atoms with E-state index in [-0.39, 0.29) is 11.2 Å². The van der Waals surface area contributed by atoms with Crippen LogP contribution in [-0.4, -0.2) is 12.3 Å². The Morgan fingerprint density at radius 3 is 2.33 bits per heavy atom. The van der Waals surface area contributed by atoms with Gasteiger partial charge in [-0.05, 0) is 25.1 Å². The molecule has 0 atom stereocenters. The molecule has 1 aromatic carbocycles. The van der Waals surface area contributed by atoms with Crippen molar-refractivity contribution in [3.63, 3.8) is 0 Å². The van der Waals surface area contributed by atoms with Gasteiger partial charge in [-0.15, -0.1) is 0 Å². The van der Waals surface area contributed by atoms with Gasteiger partial charge in [0, 0.05) is 15.5 Å². The van der Waals surface area contributed by atoms with Crippen molar-refractivity contribution < 1.29 is 4.79 Å². The number of hydrogen-bond acceptors (Lipinski definition) is 2. The van der Waals surface area contributed by atoms with Crippen LogP contribution >= 0.6 is 15.9 Å². The van der Waals surface area contributed by atoms with Crippen molar-refractivity contribution in [3.8, 4) is 0 Å². The zero-order valence-corrected chi connectivity index (χ0v) is 10.7. The Kier molecular flexibility index (Phi) is 4.05.